The van der Waals surface area contributed by atoms with Crippen molar-refractivity contribution < 1.29 is 4.79 Å². The minimum atomic E-state index is 0.0701. The van der Waals surface area contributed by atoms with Crippen LogP contribution in [0.5, 0.6) is 0 Å². The average molecular weight is 370 g/mol. The number of hydrogen-bond acceptors (Lipinski definition) is 7. The van der Waals surface area contributed by atoms with Crippen LogP contribution in [-0.2, 0) is 11.3 Å². The summed E-state index contributed by atoms with van der Waals surface area (Å²) in [4.78, 5) is 22.6. The molecule has 4 heterocycles. The maximum atomic E-state index is 12.3. The molecule has 2 aliphatic heterocycles. The molecule has 0 N–H and O–H groups in total. The summed E-state index contributed by atoms with van der Waals surface area (Å²) in [6.45, 7) is 6.43. The monoisotopic (exact) mass is 370 g/mol. The average Bonchev–Trinajstić information content (AvgIpc) is 3.22. The fourth-order valence-electron chi connectivity index (χ4n) is 3.82. The van der Waals surface area contributed by atoms with E-state index in [1.165, 1.54) is 25.6 Å². The van der Waals surface area contributed by atoms with Crippen molar-refractivity contribution in [3.63, 3.8) is 0 Å². The first-order valence-corrected chi connectivity index (χ1v) is 9.66. The van der Waals surface area contributed by atoms with Crippen LogP contribution in [-0.4, -0.2) is 74.5 Å². The zero-order chi connectivity index (χ0) is 18.6. The molecule has 2 fully saturated rings. The molecule has 9 heteroatoms. The van der Waals surface area contributed by atoms with E-state index in [9.17, 15) is 4.79 Å². The molecule has 0 aliphatic carbocycles. The Balaban J connectivity index is 1.32. The van der Waals surface area contributed by atoms with Gasteiger partial charge >= 0.3 is 0 Å². The predicted octanol–water partition coefficient (Wildman–Crippen LogP) is 0.796. The van der Waals surface area contributed by atoms with Gasteiger partial charge in [0, 0.05) is 38.8 Å². The van der Waals surface area contributed by atoms with E-state index in [0.717, 1.165) is 31.3 Å². The zero-order valence-electron chi connectivity index (χ0n) is 15.7. The number of nitrogens with zero attached hydrogens (tertiary/aromatic N) is 8. The number of aromatic nitrogens is 5. The van der Waals surface area contributed by atoms with E-state index in [-0.39, 0.29) is 12.5 Å². The lowest BCUT2D eigenvalue weighted by Crippen LogP contribution is -2.50. The third-order valence-electron chi connectivity index (χ3n) is 5.45. The van der Waals surface area contributed by atoms with Crippen molar-refractivity contribution in [1.29, 1.82) is 0 Å². The number of hydrogen-bond donors (Lipinski definition) is 0. The van der Waals surface area contributed by atoms with Gasteiger partial charge in [-0.25, -0.2) is 9.67 Å². The Bertz CT molecular complexity index is 739. The van der Waals surface area contributed by atoms with E-state index in [1.54, 1.807) is 11.0 Å². The molecule has 1 unspecified atom stereocenters. The molecular weight excluding hydrogens is 344 g/mol. The van der Waals surface area contributed by atoms with Gasteiger partial charge in [0.25, 0.3) is 0 Å². The number of piperidine rings is 1. The largest absolute Gasteiger partial charge is 0.352 e. The summed E-state index contributed by atoms with van der Waals surface area (Å²) in [6, 6.07) is 4.65. The van der Waals surface area contributed by atoms with Crippen molar-refractivity contribution in [1.82, 2.24) is 29.9 Å². The number of amides is 1. The molecular formula is C18H26N8O. The third-order valence-corrected chi connectivity index (χ3v) is 5.45. The van der Waals surface area contributed by atoms with Crippen molar-refractivity contribution in [3.8, 4) is 0 Å². The van der Waals surface area contributed by atoms with E-state index >= 15 is 0 Å². The van der Waals surface area contributed by atoms with Crippen molar-refractivity contribution in [2.75, 3.05) is 42.5 Å². The molecule has 0 bridgehead atoms. The Morgan fingerprint density at radius 3 is 2.52 bits per heavy atom. The van der Waals surface area contributed by atoms with Gasteiger partial charge in [-0.15, -0.1) is 10.2 Å². The van der Waals surface area contributed by atoms with Gasteiger partial charge in [-0.05, 0) is 38.3 Å². The maximum Gasteiger partial charge on any atom is 0.244 e. The van der Waals surface area contributed by atoms with E-state index in [1.807, 2.05) is 4.90 Å². The summed E-state index contributed by atoms with van der Waals surface area (Å²) < 4.78 is 1.56. The highest BCUT2D eigenvalue weighted by Gasteiger charge is 2.24. The van der Waals surface area contributed by atoms with Gasteiger partial charge in [0.15, 0.2) is 11.6 Å². The Labute approximate surface area is 159 Å². The lowest BCUT2D eigenvalue weighted by molar-refractivity contribution is -0.132. The quantitative estimate of drug-likeness (QED) is 0.787. The highest BCUT2D eigenvalue weighted by atomic mass is 16.2. The van der Waals surface area contributed by atoms with Gasteiger partial charge < -0.3 is 14.7 Å². The molecule has 2 aliphatic rings. The van der Waals surface area contributed by atoms with E-state index in [0.29, 0.717) is 19.1 Å². The van der Waals surface area contributed by atoms with Crippen LogP contribution in [0.3, 0.4) is 0 Å². The van der Waals surface area contributed by atoms with Gasteiger partial charge in [0.05, 0.1) is 0 Å². The highest BCUT2D eigenvalue weighted by Crippen LogP contribution is 2.23. The van der Waals surface area contributed by atoms with E-state index in [4.69, 9.17) is 0 Å². The normalized spacial score (nSPS) is 20.8. The predicted molar refractivity (Wildman–Crippen MR) is 102 cm³/mol. The summed E-state index contributed by atoms with van der Waals surface area (Å²) in [5, 5.41) is 12.9. The first kappa shape index (κ1) is 17.7. The summed E-state index contributed by atoms with van der Waals surface area (Å²) >= 11 is 0. The molecule has 2 saturated heterocycles. The first-order chi connectivity index (χ1) is 13.2. The molecule has 2 aromatic rings. The molecule has 0 saturated carbocycles. The lowest BCUT2D eigenvalue weighted by Gasteiger charge is -2.36. The second-order valence-corrected chi connectivity index (χ2v) is 7.25. The molecule has 4 rings (SSSR count). The van der Waals surface area contributed by atoms with Crippen LogP contribution in [0.25, 0.3) is 0 Å². The molecule has 27 heavy (non-hydrogen) atoms. The smallest absolute Gasteiger partial charge is 0.244 e. The van der Waals surface area contributed by atoms with Crippen molar-refractivity contribution in [3.05, 3.63) is 24.8 Å². The number of carbonyl (C=O) groups excluding carboxylic acids is 1. The number of carbonyl (C=O) groups is 1. The third kappa shape index (κ3) is 4.01. The minimum absolute atomic E-state index is 0.0701. The Kier molecular flexibility index (Phi) is 5.17. The summed E-state index contributed by atoms with van der Waals surface area (Å²) in [6.07, 6.45) is 6.74. The molecule has 0 radical (unpaired) electrons. The van der Waals surface area contributed by atoms with Crippen LogP contribution in [0.15, 0.2) is 24.8 Å². The topological polar surface area (TPSA) is 83.3 Å². The van der Waals surface area contributed by atoms with Gasteiger partial charge in [-0.2, -0.15) is 5.10 Å². The van der Waals surface area contributed by atoms with Crippen molar-refractivity contribution >= 4 is 17.5 Å². The maximum absolute atomic E-state index is 12.3. The van der Waals surface area contributed by atoms with E-state index < -0.39 is 0 Å². The molecule has 0 spiro atoms. The second kappa shape index (κ2) is 7.89. The highest BCUT2D eigenvalue weighted by molar-refractivity contribution is 5.76. The summed E-state index contributed by atoms with van der Waals surface area (Å²) in [5.74, 6) is 1.92. The van der Waals surface area contributed by atoms with E-state index in [2.05, 4.69) is 49.1 Å². The van der Waals surface area contributed by atoms with Crippen LogP contribution in [0.2, 0.25) is 0 Å². The summed E-state index contributed by atoms with van der Waals surface area (Å²) in [7, 11) is 0. The fourth-order valence-corrected chi connectivity index (χ4v) is 3.82. The molecule has 2 aromatic heterocycles. The Hall–Kier alpha value is -2.71. The lowest BCUT2D eigenvalue weighted by atomic mass is 10.0. The van der Waals surface area contributed by atoms with Crippen LogP contribution in [0.1, 0.15) is 26.2 Å². The van der Waals surface area contributed by atoms with Gasteiger partial charge in [0.1, 0.15) is 19.2 Å². The van der Waals surface area contributed by atoms with Crippen LogP contribution < -0.4 is 9.80 Å². The zero-order valence-corrected chi connectivity index (χ0v) is 15.7. The molecule has 9 nitrogen and oxygen atoms in total. The van der Waals surface area contributed by atoms with Gasteiger partial charge in [0.2, 0.25) is 5.91 Å². The molecule has 144 valence electrons. The minimum Gasteiger partial charge on any atom is -0.352 e. The molecule has 0 aromatic carbocycles. The SMILES string of the molecule is CC1CCCCN1c1ccc(N2CCN(C(=O)Cn3cncn3)CC2)nn1. The van der Waals surface area contributed by atoms with Crippen LogP contribution >= 0.6 is 0 Å². The number of rotatable bonds is 4. The molecule has 1 atom stereocenters. The first-order valence-electron chi connectivity index (χ1n) is 9.66. The van der Waals surface area contributed by atoms with Crippen LogP contribution in [0, 0.1) is 0 Å². The fraction of sp³-hybridized carbons (Fsp3) is 0.611. The molecule has 1 amide bonds. The Morgan fingerprint density at radius 1 is 1.07 bits per heavy atom. The Morgan fingerprint density at radius 2 is 1.85 bits per heavy atom. The standard InChI is InChI=1S/C18H26N8O/c1-15-4-2-3-7-26(15)17-6-5-16(21-22-17)23-8-10-24(11-9-23)18(27)12-25-14-19-13-20-25/h5-6,13-15H,2-4,7-12H2,1H3. The second-order valence-electron chi connectivity index (χ2n) is 7.25. The number of piperazine rings is 1. The summed E-state index contributed by atoms with van der Waals surface area (Å²) in [5.41, 5.74) is 0. The van der Waals surface area contributed by atoms with Crippen LogP contribution in [0.4, 0.5) is 11.6 Å². The van der Waals surface area contributed by atoms with Crippen molar-refractivity contribution in [2.24, 2.45) is 0 Å². The number of anilines is 2. The van der Waals surface area contributed by atoms with Crippen molar-refractivity contribution in [2.45, 2.75) is 38.8 Å². The van der Waals surface area contributed by atoms with Gasteiger partial charge in [-0.1, -0.05) is 0 Å². The van der Waals surface area contributed by atoms with Gasteiger partial charge in [-0.3, -0.25) is 4.79 Å².